The monoisotopic (exact) mass is 291 g/mol. The van der Waals surface area contributed by atoms with Gasteiger partial charge in [-0.15, -0.1) is 0 Å². The van der Waals surface area contributed by atoms with Crippen LogP contribution in [0.1, 0.15) is 23.2 Å². The van der Waals surface area contributed by atoms with E-state index in [1.165, 1.54) is 0 Å². The molecule has 0 bridgehead atoms. The molecule has 5 nitrogen and oxygen atoms in total. The summed E-state index contributed by atoms with van der Waals surface area (Å²) in [7, 11) is 0. The van der Waals surface area contributed by atoms with E-state index in [0.29, 0.717) is 26.1 Å². The minimum atomic E-state index is -0.149. The van der Waals surface area contributed by atoms with Gasteiger partial charge in [0.05, 0.1) is 19.6 Å². The number of rotatable bonds is 3. The summed E-state index contributed by atoms with van der Waals surface area (Å²) >= 11 is 1.62. The molecule has 0 radical (unpaired) electrons. The van der Waals surface area contributed by atoms with Gasteiger partial charge in [-0.2, -0.15) is 11.3 Å². The molecule has 1 unspecified atom stereocenters. The molecule has 1 N–H and O–H groups in total. The third-order valence-electron chi connectivity index (χ3n) is 3.38. The lowest BCUT2D eigenvalue weighted by Crippen LogP contribution is -2.43. The number of morpholine rings is 1. The number of carbonyl (C=O) groups is 1. The summed E-state index contributed by atoms with van der Waals surface area (Å²) in [6, 6.07) is 2.00. The molecule has 1 aliphatic rings. The Morgan fingerprint density at radius 1 is 1.65 bits per heavy atom. The van der Waals surface area contributed by atoms with Crippen molar-refractivity contribution in [2.75, 3.05) is 19.7 Å². The first-order valence-corrected chi connectivity index (χ1v) is 7.58. The molecule has 0 spiro atoms. The van der Waals surface area contributed by atoms with Crippen molar-refractivity contribution < 1.29 is 9.53 Å². The zero-order chi connectivity index (χ0) is 13.9. The Labute approximate surface area is 121 Å². The molecule has 0 aromatic carbocycles. The number of imidazole rings is 1. The molecule has 1 aliphatic heterocycles. The highest BCUT2D eigenvalue weighted by Gasteiger charge is 2.27. The van der Waals surface area contributed by atoms with Crippen molar-refractivity contribution in [3.05, 3.63) is 40.1 Å². The van der Waals surface area contributed by atoms with Gasteiger partial charge in [0.25, 0.3) is 0 Å². The number of thiophene rings is 1. The fraction of sp³-hybridized carbons (Fsp3) is 0.429. The van der Waals surface area contributed by atoms with E-state index in [2.05, 4.69) is 9.97 Å². The van der Waals surface area contributed by atoms with Crippen molar-refractivity contribution in [1.82, 2.24) is 14.9 Å². The van der Waals surface area contributed by atoms with Crippen LogP contribution in [0.25, 0.3) is 0 Å². The van der Waals surface area contributed by atoms with Gasteiger partial charge in [-0.3, -0.25) is 4.79 Å². The van der Waals surface area contributed by atoms with Crippen molar-refractivity contribution in [3.8, 4) is 0 Å². The van der Waals surface area contributed by atoms with Crippen molar-refractivity contribution in [3.63, 3.8) is 0 Å². The van der Waals surface area contributed by atoms with Gasteiger partial charge in [0, 0.05) is 18.4 Å². The van der Waals surface area contributed by atoms with Crippen LogP contribution in [0.3, 0.4) is 0 Å². The number of amides is 1. The number of carbonyl (C=O) groups excluding carboxylic acids is 1. The molecule has 6 heteroatoms. The van der Waals surface area contributed by atoms with Gasteiger partial charge < -0.3 is 14.6 Å². The van der Waals surface area contributed by atoms with Gasteiger partial charge in [0.1, 0.15) is 11.9 Å². The van der Waals surface area contributed by atoms with Crippen LogP contribution < -0.4 is 0 Å². The quantitative estimate of drug-likeness (QED) is 0.940. The first-order chi connectivity index (χ1) is 9.72. The van der Waals surface area contributed by atoms with Gasteiger partial charge in [0.15, 0.2) is 0 Å². The van der Waals surface area contributed by atoms with Gasteiger partial charge in [0.2, 0.25) is 5.91 Å². The number of nitrogens with one attached hydrogen (secondary N) is 1. The summed E-state index contributed by atoms with van der Waals surface area (Å²) in [5.41, 5.74) is 2.09. The molecule has 3 rings (SSSR count). The Bertz CT molecular complexity index is 579. The highest BCUT2D eigenvalue weighted by atomic mass is 32.1. The number of aryl methyl sites for hydroxylation is 1. The van der Waals surface area contributed by atoms with Crippen LogP contribution in [0.5, 0.6) is 0 Å². The number of aromatic amines is 1. The Kier molecular flexibility index (Phi) is 3.84. The van der Waals surface area contributed by atoms with Crippen LogP contribution in [0.2, 0.25) is 0 Å². The minimum absolute atomic E-state index is 0.149. The number of aromatic nitrogens is 2. The molecule has 106 valence electrons. The number of hydrogen-bond acceptors (Lipinski definition) is 4. The highest BCUT2D eigenvalue weighted by molar-refractivity contribution is 7.07. The van der Waals surface area contributed by atoms with E-state index < -0.39 is 0 Å². The Balaban J connectivity index is 1.64. The van der Waals surface area contributed by atoms with Crippen LogP contribution in [0.15, 0.2) is 23.0 Å². The maximum absolute atomic E-state index is 12.3. The third-order valence-corrected chi connectivity index (χ3v) is 4.11. The normalized spacial score (nSPS) is 19.2. The van der Waals surface area contributed by atoms with Crippen molar-refractivity contribution >= 4 is 17.2 Å². The average molecular weight is 291 g/mol. The van der Waals surface area contributed by atoms with Crippen LogP contribution in [0.4, 0.5) is 0 Å². The fourth-order valence-corrected chi connectivity index (χ4v) is 2.99. The molecule has 1 fully saturated rings. The summed E-state index contributed by atoms with van der Waals surface area (Å²) < 4.78 is 5.71. The van der Waals surface area contributed by atoms with Gasteiger partial charge in [-0.05, 0) is 29.3 Å². The molecule has 20 heavy (non-hydrogen) atoms. The van der Waals surface area contributed by atoms with E-state index in [4.69, 9.17) is 4.74 Å². The molecule has 0 aliphatic carbocycles. The zero-order valence-electron chi connectivity index (χ0n) is 11.3. The van der Waals surface area contributed by atoms with E-state index >= 15 is 0 Å². The summed E-state index contributed by atoms with van der Waals surface area (Å²) in [6.07, 6.45) is 2.10. The van der Waals surface area contributed by atoms with E-state index in [0.717, 1.165) is 17.1 Å². The third kappa shape index (κ3) is 2.91. The lowest BCUT2D eigenvalue weighted by molar-refractivity contribution is -0.138. The summed E-state index contributed by atoms with van der Waals surface area (Å²) in [4.78, 5) is 21.6. The van der Waals surface area contributed by atoms with Gasteiger partial charge in [-0.1, -0.05) is 0 Å². The van der Waals surface area contributed by atoms with Crippen molar-refractivity contribution in [1.29, 1.82) is 0 Å². The smallest absolute Gasteiger partial charge is 0.227 e. The Morgan fingerprint density at radius 2 is 2.55 bits per heavy atom. The van der Waals surface area contributed by atoms with Crippen LogP contribution in [0, 0.1) is 6.92 Å². The summed E-state index contributed by atoms with van der Waals surface area (Å²) in [5.74, 6) is 0.954. The van der Waals surface area contributed by atoms with Crippen LogP contribution in [-0.4, -0.2) is 40.5 Å². The number of ether oxygens (including phenoxy) is 1. The fourth-order valence-electron chi connectivity index (χ4n) is 2.32. The Morgan fingerprint density at radius 3 is 3.25 bits per heavy atom. The van der Waals surface area contributed by atoms with Gasteiger partial charge in [-0.25, -0.2) is 4.98 Å². The van der Waals surface area contributed by atoms with E-state index in [1.54, 1.807) is 17.5 Å². The maximum Gasteiger partial charge on any atom is 0.227 e. The van der Waals surface area contributed by atoms with Crippen molar-refractivity contribution in [2.45, 2.75) is 19.4 Å². The molecule has 3 heterocycles. The summed E-state index contributed by atoms with van der Waals surface area (Å²) in [6.45, 7) is 3.73. The topological polar surface area (TPSA) is 58.2 Å². The Hall–Kier alpha value is -1.66. The van der Waals surface area contributed by atoms with E-state index in [1.807, 2.05) is 28.7 Å². The number of hydrogen-bond donors (Lipinski definition) is 1. The van der Waals surface area contributed by atoms with Crippen molar-refractivity contribution in [2.24, 2.45) is 0 Å². The first-order valence-electron chi connectivity index (χ1n) is 6.64. The molecular weight excluding hydrogens is 274 g/mol. The van der Waals surface area contributed by atoms with Crippen LogP contribution in [-0.2, 0) is 16.0 Å². The predicted octanol–water partition coefficient (Wildman–Crippen LogP) is 1.92. The lowest BCUT2D eigenvalue weighted by Gasteiger charge is -2.32. The molecule has 2 aromatic rings. The van der Waals surface area contributed by atoms with Gasteiger partial charge >= 0.3 is 0 Å². The van der Waals surface area contributed by atoms with E-state index in [9.17, 15) is 4.79 Å². The standard InChI is InChI=1S/C14H17N3O2S/c1-10-7-15-14(16-10)12-8-17(3-4-19-12)13(18)6-11-2-5-20-9-11/h2,5,7,9,12H,3-4,6,8H2,1H3,(H,15,16). The van der Waals surface area contributed by atoms with Crippen LogP contribution >= 0.6 is 11.3 Å². The summed E-state index contributed by atoms with van der Waals surface area (Å²) in [5, 5.41) is 4.02. The second-order valence-corrected chi connectivity index (χ2v) is 5.74. The average Bonchev–Trinajstić information content (AvgIpc) is 3.10. The molecular formula is C14H17N3O2S. The first kappa shape index (κ1) is 13.3. The van der Waals surface area contributed by atoms with E-state index in [-0.39, 0.29) is 12.0 Å². The SMILES string of the molecule is Cc1cnc(C2CN(C(=O)Cc3ccsc3)CCO2)[nH]1. The largest absolute Gasteiger partial charge is 0.367 e. The lowest BCUT2D eigenvalue weighted by atomic mass is 10.2. The number of nitrogens with zero attached hydrogens (tertiary/aromatic N) is 2. The highest BCUT2D eigenvalue weighted by Crippen LogP contribution is 2.20. The minimum Gasteiger partial charge on any atom is -0.367 e. The molecule has 2 aromatic heterocycles. The number of H-pyrrole nitrogens is 1. The molecule has 1 saturated heterocycles. The predicted molar refractivity (Wildman–Crippen MR) is 76.6 cm³/mol. The second-order valence-electron chi connectivity index (χ2n) is 4.96. The second kappa shape index (κ2) is 5.76. The molecule has 0 saturated carbocycles. The molecule has 1 amide bonds. The maximum atomic E-state index is 12.3. The molecule has 1 atom stereocenters. The zero-order valence-corrected chi connectivity index (χ0v) is 12.2.